The summed E-state index contributed by atoms with van der Waals surface area (Å²) in [5.41, 5.74) is 1.72. The number of nitriles is 1. The van der Waals surface area contributed by atoms with Gasteiger partial charge in [-0.3, -0.25) is 15.1 Å². The predicted molar refractivity (Wildman–Crippen MR) is 101 cm³/mol. The first kappa shape index (κ1) is 17.3. The van der Waals surface area contributed by atoms with Crippen LogP contribution < -0.4 is 10.1 Å². The van der Waals surface area contributed by atoms with E-state index in [0.29, 0.717) is 12.0 Å². The van der Waals surface area contributed by atoms with Gasteiger partial charge in [-0.2, -0.15) is 10.4 Å². The zero-order valence-electron chi connectivity index (χ0n) is 14.9. The van der Waals surface area contributed by atoms with Crippen LogP contribution in [0.3, 0.4) is 0 Å². The van der Waals surface area contributed by atoms with Crippen molar-refractivity contribution in [3.8, 4) is 11.8 Å². The number of benzene rings is 2. The summed E-state index contributed by atoms with van der Waals surface area (Å²) >= 11 is 0. The molecule has 4 atom stereocenters. The van der Waals surface area contributed by atoms with Crippen LogP contribution >= 0.6 is 0 Å². The molecule has 0 radical (unpaired) electrons. The Balaban J connectivity index is 1.65. The van der Waals surface area contributed by atoms with Gasteiger partial charge in [-0.1, -0.05) is 42.5 Å². The number of nitrogens with one attached hydrogen (secondary N) is 1. The molecule has 0 spiro atoms. The minimum absolute atomic E-state index is 0.0392. The standard InChI is InChI=1S/C21H20N4O2/c1-27-17-9-7-14(8-10-17)19-11-18(20(26)15-5-3-2-4-6-15)24-21-16(12-22)13-23-25(19)21/h2-10,13,16,18-19,21,24H,11H2,1H3. The molecule has 0 amide bonds. The number of nitrogens with zero attached hydrogens (tertiary/aromatic N) is 3. The fourth-order valence-electron chi connectivity index (χ4n) is 3.73. The van der Waals surface area contributed by atoms with Gasteiger partial charge in [0, 0.05) is 11.8 Å². The van der Waals surface area contributed by atoms with Gasteiger partial charge in [0.15, 0.2) is 5.78 Å². The zero-order chi connectivity index (χ0) is 18.8. The van der Waals surface area contributed by atoms with Gasteiger partial charge in [0.05, 0.1) is 25.3 Å². The second-order valence-electron chi connectivity index (χ2n) is 6.72. The van der Waals surface area contributed by atoms with Crippen molar-refractivity contribution in [3.63, 3.8) is 0 Å². The van der Waals surface area contributed by atoms with Gasteiger partial charge in [0.25, 0.3) is 0 Å². The number of hydrogen-bond donors (Lipinski definition) is 1. The lowest BCUT2D eigenvalue weighted by Gasteiger charge is -2.42. The van der Waals surface area contributed by atoms with E-state index in [1.165, 1.54) is 0 Å². The van der Waals surface area contributed by atoms with Crippen molar-refractivity contribution in [1.82, 2.24) is 10.3 Å². The van der Waals surface area contributed by atoms with Crippen molar-refractivity contribution in [1.29, 1.82) is 5.26 Å². The van der Waals surface area contributed by atoms with Gasteiger partial charge in [-0.05, 0) is 24.1 Å². The Morgan fingerprint density at radius 2 is 1.96 bits per heavy atom. The molecule has 1 saturated heterocycles. The van der Waals surface area contributed by atoms with E-state index in [4.69, 9.17) is 4.74 Å². The topological polar surface area (TPSA) is 77.7 Å². The van der Waals surface area contributed by atoms with E-state index in [1.807, 2.05) is 59.6 Å². The maximum absolute atomic E-state index is 13.0. The van der Waals surface area contributed by atoms with E-state index in [2.05, 4.69) is 16.5 Å². The first-order valence-corrected chi connectivity index (χ1v) is 8.92. The number of rotatable bonds is 4. The summed E-state index contributed by atoms with van der Waals surface area (Å²) in [6.45, 7) is 0. The SMILES string of the molecule is COc1ccc(C2CC(C(=O)c3ccccc3)NC3C(C#N)C=NN23)cc1. The molecular weight excluding hydrogens is 340 g/mol. The second-order valence-corrected chi connectivity index (χ2v) is 6.72. The molecule has 2 aromatic carbocycles. The Labute approximate surface area is 158 Å². The maximum Gasteiger partial charge on any atom is 0.179 e. The summed E-state index contributed by atoms with van der Waals surface area (Å²) in [4.78, 5) is 13.0. The van der Waals surface area contributed by atoms with Crippen molar-refractivity contribution in [2.45, 2.75) is 24.7 Å². The third kappa shape index (κ3) is 3.18. The first-order valence-electron chi connectivity index (χ1n) is 8.92. The lowest BCUT2D eigenvalue weighted by atomic mass is 9.89. The Morgan fingerprint density at radius 3 is 2.63 bits per heavy atom. The Kier molecular flexibility index (Phi) is 4.61. The van der Waals surface area contributed by atoms with Crippen LogP contribution in [0.2, 0.25) is 0 Å². The molecular formula is C21H20N4O2. The summed E-state index contributed by atoms with van der Waals surface area (Å²) in [7, 11) is 1.63. The molecule has 0 bridgehead atoms. The number of fused-ring (bicyclic) bond motifs is 1. The first-order chi connectivity index (χ1) is 13.2. The maximum atomic E-state index is 13.0. The number of carbonyl (C=O) groups excluding carboxylic acids is 1. The molecule has 136 valence electrons. The quantitative estimate of drug-likeness (QED) is 0.849. The highest BCUT2D eigenvalue weighted by atomic mass is 16.5. The van der Waals surface area contributed by atoms with Gasteiger partial charge < -0.3 is 4.74 Å². The highest BCUT2D eigenvalue weighted by Crippen LogP contribution is 2.37. The van der Waals surface area contributed by atoms with E-state index in [9.17, 15) is 10.1 Å². The highest BCUT2D eigenvalue weighted by Gasteiger charge is 2.44. The molecule has 6 nitrogen and oxygen atoms in total. The van der Waals surface area contributed by atoms with Crippen LogP contribution in [0.4, 0.5) is 0 Å². The fourth-order valence-corrected chi connectivity index (χ4v) is 3.73. The number of hydrazone groups is 1. The predicted octanol–water partition coefficient (Wildman–Crippen LogP) is 2.75. The van der Waals surface area contributed by atoms with Crippen LogP contribution in [0.25, 0.3) is 0 Å². The Bertz CT molecular complexity index is 889. The van der Waals surface area contributed by atoms with Gasteiger partial charge in [-0.25, -0.2) is 0 Å². The van der Waals surface area contributed by atoms with E-state index >= 15 is 0 Å². The third-order valence-electron chi connectivity index (χ3n) is 5.16. The van der Waals surface area contributed by atoms with Crippen molar-refractivity contribution >= 4 is 12.0 Å². The third-order valence-corrected chi connectivity index (χ3v) is 5.16. The molecule has 4 rings (SSSR count). The van der Waals surface area contributed by atoms with Crippen LogP contribution in [-0.4, -0.2) is 36.3 Å². The summed E-state index contributed by atoms with van der Waals surface area (Å²) < 4.78 is 5.24. The van der Waals surface area contributed by atoms with Crippen LogP contribution in [0.5, 0.6) is 5.75 Å². The molecule has 0 aliphatic carbocycles. The van der Waals surface area contributed by atoms with E-state index in [0.717, 1.165) is 11.3 Å². The van der Waals surface area contributed by atoms with Gasteiger partial charge in [0.1, 0.15) is 17.8 Å². The summed E-state index contributed by atoms with van der Waals surface area (Å²) in [5.74, 6) is 0.426. The zero-order valence-corrected chi connectivity index (χ0v) is 14.9. The molecule has 1 N–H and O–H groups in total. The molecule has 0 saturated carbocycles. The number of ether oxygens (including phenoxy) is 1. The molecule has 2 aliphatic heterocycles. The number of Topliss-reactive ketones (excluding diaryl/α,β-unsaturated/α-hetero) is 1. The molecule has 1 fully saturated rings. The lowest BCUT2D eigenvalue weighted by Crippen LogP contribution is -2.58. The van der Waals surface area contributed by atoms with Crippen molar-refractivity contribution in [2.75, 3.05) is 7.11 Å². The Morgan fingerprint density at radius 1 is 1.22 bits per heavy atom. The molecule has 27 heavy (non-hydrogen) atoms. The monoisotopic (exact) mass is 360 g/mol. The van der Waals surface area contributed by atoms with Gasteiger partial charge in [-0.15, -0.1) is 0 Å². The smallest absolute Gasteiger partial charge is 0.179 e. The molecule has 6 heteroatoms. The molecule has 4 unspecified atom stereocenters. The van der Waals surface area contributed by atoms with Gasteiger partial charge >= 0.3 is 0 Å². The normalized spacial score (nSPS) is 26.3. The summed E-state index contributed by atoms with van der Waals surface area (Å²) in [6, 6.07) is 18.9. The van der Waals surface area contributed by atoms with Gasteiger partial charge in [0.2, 0.25) is 0 Å². The fraction of sp³-hybridized carbons (Fsp3) is 0.286. The Hall–Kier alpha value is -3.17. The molecule has 2 aromatic rings. The molecule has 0 aromatic heterocycles. The van der Waals surface area contributed by atoms with Crippen molar-refractivity contribution in [2.24, 2.45) is 11.0 Å². The van der Waals surface area contributed by atoms with E-state index < -0.39 is 5.92 Å². The number of carbonyl (C=O) groups is 1. The number of hydrogen-bond acceptors (Lipinski definition) is 6. The molecule has 2 heterocycles. The second kappa shape index (κ2) is 7.22. The highest BCUT2D eigenvalue weighted by molar-refractivity contribution is 6.00. The number of ketones is 1. The van der Waals surface area contributed by atoms with Crippen LogP contribution in [0, 0.1) is 17.2 Å². The average Bonchev–Trinajstić information content (AvgIpc) is 3.16. The van der Waals surface area contributed by atoms with Crippen LogP contribution in [0.15, 0.2) is 59.7 Å². The minimum atomic E-state index is -0.392. The lowest BCUT2D eigenvalue weighted by molar-refractivity contribution is 0.0476. The summed E-state index contributed by atoms with van der Waals surface area (Å²) in [5, 5.41) is 19.2. The van der Waals surface area contributed by atoms with Crippen molar-refractivity contribution in [3.05, 3.63) is 65.7 Å². The average molecular weight is 360 g/mol. The van der Waals surface area contributed by atoms with E-state index in [-0.39, 0.29) is 24.0 Å². The summed E-state index contributed by atoms with van der Waals surface area (Å²) in [6.07, 6.45) is 1.92. The molecule has 2 aliphatic rings. The van der Waals surface area contributed by atoms with Crippen LogP contribution in [-0.2, 0) is 0 Å². The van der Waals surface area contributed by atoms with Crippen molar-refractivity contribution < 1.29 is 9.53 Å². The largest absolute Gasteiger partial charge is 0.497 e. The minimum Gasteiger partial charge on any atom is -0.497 e. The van der Waals surface area contributed by atoms with E-state index in [1.54, 1.807) is 13.3 Å². The number of methoxy groups -OCH3 is 1. The van der Waals surface area contributed by atoms with Crippen LogP contribution in [0.1, 0.15) is 28.4 Å².